The number of anilines is 1. The van der Waals surface area contributed by atoms with E-state index in [0.717, 1.165) is 0 Å². The molecule has 0 saturated carbocycles. The number of nitrogens with one attached hydrogen (secondary N) is 1. The van der Waals surface area contributed by atoms with Crippen LogP contribution in [0.15, 0.2) is 72.8 Å². The van der Waals surface area contributed by atoms with E-state index < -0.39 is 18.5 Å². The third-order valence-electron chi connectivity index (χ3n) is 3.95. The molecule has 0 radical (unpaired) electrons. The Hall–Kier alpha value is -3.15. The van der Waals surface area contributed by atoms with Crippen molar-refractivity contribution in [1.29, 1.82) is 0 Å². The molecule has 7 heteroatoms. The lowest BCUT2D eigenvalue weighted by Gasteiger charge is -2.11. The third kappa shape index (κ3) is 5.44. The molecule has 5 nitrogen and oxygen atoms in total. The van der Waals surface area contributed by atoms with Gasteiger partial charge in [0.05, 0.1) is 11.3 Å². The summed E-state index contributed by atoms with van der Waals surface area (Å²) in [5.74, 6) is -1.54. The van der Waals surface area contributed by atoms with Gasteiger partial charge in [0.25, 0.3) is 5.91 Å². The van der Waals surface area contributed by atoms with Crippen LogP contribution in [0.25, 0.3) is 0 Å². The van der Waals surface area contributed by atoms with Gasteiger partial charge in [-0.2, -0.15) is 0 Å². The SMILES string of the molecule is O=C(COC(=O)c1ccc(Cl)cc1)Nc1ccc(Cl)cc1C(=O)c1ccccc1. The average molecular weight is 428 g/mol. The van der Waals surface area contributed by atoms with Gasteiger partial charge in [-0.3, -0.25) is 9.59 Å². The maximum Gasteiger partial charge on any atom is 0.338 e. The Morgan fingerprint density at radius 2 is 1.45 bits per heavy atom. The fourth-order valence-electron chi connectivity index (χ4n) is 2.55. The molecule has 3 aromatic rings. The predicted octanol–water partition coefficient (Wildman–Crippen LogP) is 5.02. The summed E-state index contributed by atoms with van der Waals surface area (Å²) in [6.07, 6.45) is 0. The second-order valence-corrected chi connectivity index (χ2v) is 6.89. The quantitative estimate of drug-likeness (QED) is 0.442. The van der Waals surface area contributed by atoms with Crippen LogP contribution in [0.3, 0.4) is 0 Å². The van der Waals surface area contributed by atoms with E-state index >= 15 is 0 Å². The van der Waals surface area contributed by atoms with E-state index in [4.69, 9.17) is 27.9 Å². The zero-order valence-electron chi connectivity index (χ0n) is 15.0. The highest BCUT2D eigenvalue weighted by Crippen LogP contribution is 2.24. The van der Waals surface area contributed by atoms with Gasteiger partial charge in [0, 0.05) is 21.2 Å². The van der Waals surface area contributed by atoms with Gasteiger partial charge in [0.1, 0.15) is 0 Å². The molecule has 0 fully saturated rings. The largest absolute Gasteiger partial charge is 0.452 e. The molecule has 1 amide bonds. The van der Waals surface area contributed by atoms with Crippen LogP contribution in [-0.2, 0) is 9.53 Å². The first-order chi connectivity index (χ1) is 13.9. The highest BCUT2D eigenvalue weighted by Gasteiger charge is 2.17. The molecule has 1 N–H and O–H groups in total. The summed E-state index contributed by atoms with van der Waals surface area (Å²) < 4.78 is 5.01. The first-order valence-electron chi connectivity index (χ1n) is 8.56. The van der Waals surface area contributed by atoms with Crippen LogP contribution in [0.4, 0.5) is 5.69 Å². The van der Waals surface area contributed by atoms with E-state index in [1.165, 1.54) is 24.3 Å². The van der Waals surface area contributed by atoms with E-state index in [0.29, 0.717) is 15.6 Å². The molecule has 0 heterocycles. The molecular weight excluding hydrogens is 413 g/mol. The minimum atomic E-state index is -0.659. The first-order valence-corrected chi connectivity index (χ1v) is 9.31. The van der Waals surface area contributed by atoms with Crippen molar-refractivity contribution in [2.24, 2.45) is 0 Å². The smallest absolute Gasteiger partial charge is 0.338 e. The van der Waals surface area contributed by atoms with Gasteiger partial charge in [-0.1, -0.05) is 53.5 Å². The fraction of sp³-hybridized carbons (Fsp3) is 0.0455. The van der Waals surface area contributed by atoms with Crippen LogP contribution in [0.5, 0.6) is 0 Å². The molecule has 0 aliphatic rings. The molecule has 29 heavy (non-hydrogen) atoms. The standard InChI is InChI=1S/C22H15Cl2NO4/c23-16-8-6-15(7-9-16)22(28)29-13-20(26)25-19-11-10-17(24)12-18(19)21(27)14-4-2-1-3-5-14/h1-12H,13H2,(H,25,26). The van der Waals surface area contributed by atoms with Crippen LogP contribution in [0.1, 0.15) is 26.3 Å². The molecule has 3 aromatic carbocycles. The summed E-state index contributed by atoms with van der Waals surface area (Å²) in [5.41, 5.74) is 1.24. The molecule has 0 spiro atoms. The zero-order chi connectivity index (χ0) is 20.8. The summed E-state index contributed by atoms with van der Waals surface area (Å²) in [7, 11) is 0. The maximum absolute atomic E-state index is 12.8. The molecule has 0 atom stereocenters. The number of carbonyl (C=O) groups excluding carboxylic acids is 3. The van der Waals surface area contributed by atoms with Gasteiger partial charge in [0.15, 0.2) is 12.4 Å². The summed E-state index contributed by atoms with van der Waals surface area (Å²) in [4.78, 5) is 37.0. The molecule has 0 aliphatic carbocycles. The van der Waals surface area contributed by atoms with Crippen molar-refractivity contribution < 1.29 is 19.1 Å². The van der Waals surface area contributed by atoms with Crippen molar-refractivity contribution in [3.8, 4) is 0 Å². The van der Waals surface area contributed by atoms with Gasteiger partial charge in [-0.15, -0.1) is 0 Å². The molecule has 0 unspecified atom stereocenters. The lowest BCUT2D eigenvalue weighted by Crippen LogP contribution is -2.22. The van der Waals surface area contributed by atoms with Gasteiger partial charge in [-0.05, 0) is 42.5 Å². The second-order valence-electron chi connectivity index (χ2n) is 6.02. The van der Waals surface area contributed by atoms with Crippen molar-refractivity contribution in [3.05, 3.63) is 99.5 Å². The van der Waals surface area contributed by atoms with Crippen molar-refractivity contribution >= 4 is 46.5 Å². The number of hydrogen-bond donors (Lipinski definition) is 1. The van der Waals surface area contributed by atoms with E-state index in [1.807, 2.05) is 0 Å². The molecule has 0 aliphatic heterocycles. The van der Waals surface area contributed by atoms with Gasteiger partial charge < -0.3 is 10.1 Å². The summed E-state index contributed by atoms with van der Waals surface area (Å²) in [5, 5.41) is 3.43. The number of ether oxygens (including phenoxy) is 1. The van der Waals surface area contributed by atoms with Crippen molar-refractivity contribution in [3.63, 3.8) is 0 Å². The number of carbonyl (C=O) groups is 3. The Morgan fingerprint density at radius 1 is 0.793 bits per heavy atom. The molecule has 0 aromatic heterocycles. The minimum Gasteiger partial charge on any atom is -0.452 e. The van der Waals surface area contributed by atoms with E-state index in [2.05, 4.69) is 5.32 Å². The molecule has 0 bridgehead atoms. The second kappa shape index (κ2) is 9.37. The van der Waals surface area contributed by atoms with E-state index in [-0.39, 0.29) is 22.6 Å². The zero-order valence-corrected chi connectivity index (χ0v) is 16.5. The number of amides is 1. The van der Waals surface area contributed by atoms with Crippen LogP contribution in [0.2, 0.25) is 10.0 Å². The maximum atomic E-state index is 12.8. The Bertz CT molecular complexity index is 1050. The van der Waals surface area contributed by atoms with E-state index in [1.54, 1.807) is 48.5 Å². The van der Waals surface area contributed by atoms with Gasteiger partial charge >= 0.3 is 5.97 Å². The molecule has 146 valence electrons. The highest BCUT2D eigenvalue weighted by atomic mass is 35.5. The predicted molar refractivity (Wildman–Crippen MR) is 112 cm³/mol. The third-order valence-corrected chi connectivity index (χ3v) is 4.44. The van der Waals surface area contributed by atoms with Crippen LogP contribution in [-0.4, -0.2) is 24.3 Å². The minimum absolute atomic E-state index is 0.237. The molecule has 3 rings (SSSR count). The number of rotatable bonds is 6. The Kier molecular flexibility index (Phi) is 6.65. The number of ketones is 1. The molecule has 0 saturated heterocycles. The average Bonchev–Trinajstić information content (AvgIpc) is 2.74. The highest BCUT2D eigenvalue weighted by molar-refractivity contribution is 6.31. The number of hydrogen-bond acceptors (Lipinski definition) is 4. The van der Waals surface area contributed by atoms with Crippen molar-refractivity contribution in [1.82, 2.24) is 0 Å². The first kappa shape index (κ1) is 20.6. The van der Waals surface area contributed by atoms with Crippen molar-refractivity contribution in [2.75, 3.05) is 11.9 Å². The monoisotopic (exact) mass is 427 g/mol. The number of benzene rings is 3. The molecular formula is C22H15Cl2NO4. The Balaban J connectivity index is 1.69. The number of esters is 1. The van der Waals surface area contributed by atoms with Crippen LogP contribution < -0.4 is 5.32 Å². The Labute approximate surface area is 177 Å². The van der Waals surface area contributed by atoms with Gasteiger partial charge in [0.2, 0.25) is 0 Å². The van der Waals surface area contributed by atoms with E-state index in [9.17, 15) is 14.4 Å². The number of halogens is 2. The summed E-state index contributed by atoms with van der Waals surface area (Å²) >= 11 is 11.8. The normalized spacial score (nSPS) is 10.3. The lowest BCUT2D eigenvalue weighted by atomic mass is 10.0. The van der Waals surface area contributed by atoms with Gasteiger partial charge in [-0.25, -0.2) is 4.79 Å². The van der Waals surface area contributed by atoms with Crippen molar-refractivity contribution in [2.45, 2.75) is 0 Å². The topological polar surface area (TPSA) is 72.5 Å². The van der Waals surface area contributed by atoms with Crippen LogP contribution >= 0.6 is 23.2 Å². The van der Waals surface area contributed by atoms with Crippen LogP contribution in [0, 0.1) is 0 Å². The lowest BCUT2D eigenvalue weighted by molar-refractivity contribution is -0.119. The fourth-order valence-corrected chi connectivity index (χ4v) is 2.84. The summed E-state index contributed by atoms with van der Waals surface area (Å²) in [6, 6.07) is 19.3. The Morgan fingerprint density at radius 3 is 2.14 bits per heavy atom. The summed E-state index contributed by atoms with van der Waals surface area (Å²) in [6.45, 7) is -0.511.